The Hall–Kier alpha value is -2.27. The highest BCUT2D eigenvalue weighted by Crippen LogP contribution is 2.21. The van der Waals surface area contributed by atoms with Gasteiger partial charge in [-0.15, -0.1) is 0 Å². The van der Waals surface area contributed by atoms with Gasteiger partial charge in [0.1, 0.15) is 11.3 Å². The van der Waals surface area contributed by atoms with Crippen molar-refractivity contribution in [1.82, 2.24) is 4.98 Å². The summed E-state index contributed by atoms with van der Waals surface area (Å²) in [6.07, 6.45) is 0. The Morgan fingerprint density at radius 1 is 1.38 bits per heavy atom. The number of hydrogen-bond acceptors (Lipinski definition) is 4. The van der Waals surface area contributed by atoms with E-state index in [1.54, 1.807) is 13.0 Å². The summed E-state index contributed by atoms with van der Waals surface area (Å²) in [6.45, 7) is 5.77. The molecule has 0 saturated heterocycles. The number of aromatic amines is 1. The maximum absolute atomic E-state index is 12.7. The molecule has 1 aromatic heterocycles. The van der Waals surface area contributed by atoms with Crippen LogP contribution in [0.3, 0.4) is 0 Å². The van der Waals surface area contributed by atoms with E-state index in [-0.39, 0.29) is 17.1 Å². The van der Waals surface area contributed by atoms with Crippen molar-refractivity contribution in [2.75, 3.05) is 13.7 Å². The second-order valence-corrected chi connectivity index (χ2v) is 4.67. The molecular weight excluding hydrogens is 294 g/mol. The molecule has 21 heavy (non-hydrogen) atoms. The van der Waals surface area contributed by atoms with E-state index in [1.165, 1.54) is 19.2 Å². The zero-order valence-electron chi connectivity index (χ0n) is 11.7. The molecule has 6 heteroatoms. The van der Waals surface area contributed by atoms with E-state index in [2.05, 4.69) is 11.6 Å². The maximum atomic E-state index is 12.7. The van der Waals surface area contributed by atoms with Gasteiger partial charge < -0.3 is 14.5 Å². The summed E-state index contributed by atoms with van der Waals surface area (Å²) >= 11 is 5.89. The topological polar surface area (TPSA) is 68.4 Å². The van der Waals surface area contributed by atoms with Crippen LogP contribution in [-0.2, 0) is 4.74 Å². The summed E-state index contributed by atoms with van der Waals surface area (Å²) < 4.78 is 10.3. The molecule has 1 aromatic carbocycles. The van der Waals surface area contributed by atoms with Gasteiger partial charge in [0, 0.05) is 10.4 Å². The van der Waals surface area contributed by atoms with Gasteiger partial charge in [0.15, 0.2) is 5.75 Å². The lowest BCUT2D eigenvalue weighted by atomic mass is 10.1. The summed E-state index contributed by atoms with van der Waals surface area (Å²) in [5.74, 6) is -0.0388. The Morgan fingerprint density at radius 2 is 2.10 bits per heavy atom. The zero-order valence-corrected chi connectivity index (χ0v) is 12.4. The molecule has 0 aliphatic heterocycles. The molecule has 0 spiro atoms. The first-order valence-corrected chi connectivity index (χ1v) is 6.63. The number of benzene rings is 1. The average molecular weight is 308 g/mol. The SMILES string of the molecule is C=C(OCC)c1c(OC)c(=O)[nH]c2cc(Cl)ccc2c1=O. The molecule has 110 valence electrons. The fourth-order valence-electron chi connectivity index (χ4n) is 2.04. The maximum Gasteiger partial charge on any atom is 0.291 e. The molecule has 5 nitrogen and oxygen atoms in total. The Kier molecular flexibility index (Phi) is 4.33. The van der Waals surface area contributed by atoms with Crippen molar-refractivity contribution >= 4 is 28.3 Å². The standard InChI is InChI=1S/C15H14ClNO4/c1-4-21-8(2)12-13(18)10-6-5-9(16)7-11(10)17-15(19)14(12)20-3/h5-7H,2,4H2,1,3H3,(H,17,19). The van der Waals surface area contributed by atoms with E-state index in [4.69, 9.17) is 21.1 Å². The Morgan fingerprint density at radius 3 is 2.71 bits per heavy atom. The Labute approximate surface area is 125 Å². The van der Waals surface area contributed by atoms with E-state index in [0.717, 1.165) is 0 Å². The molecule has 0 saturated carbocycles. The number of H-pyrrole nitrogens is 1. The van der Waals surface area contributed by atoms with Crippen LogP contribution in [0.5, 0.6) is 5.75 Å². The van der Waals surface area contributed by atoms with Gasteiger partial charge in [-0.05, 0) is 25.1 Å². The molecule has 2 aromatic rings. The molecule has 1 N–H and O–H groups in total. The fourth-order valence-corrected chi connectivity index (χ4v) is 2.21. The van der Waals surface area contributed by atoms with E-state index < -0.39 is 11.0 Å². The van der Waals surface area contributed by atoms with Crippen molar-refractivity contribution in [1.29, 1.82) is 0 Å². The smallest absolute Gasteiger partial charge is 0.291 e. The largest absolute Gasteiger partial charge is 0.494 e. The highest BCUT2D eigenvalue weighted by atomic mass is 35.5. The van der Waals surface area contributed by atoms with Crippen molar-refractivity contribution in [2.24, 2.45) is 0 Å². The molecule has 0 aliphatic rings. The van der Waals surface area contributed by atoms with Crippen LogP contribution >= 0.6 is 11.6 Å². The van der Waals surface area contributed by atoms with Crippen molar-refractivity contribution in [3.8, 4) is 5.75 Å². The molecule has 0 amide bonds. The van der Waals surface area contributed by atoms with Crippen LogP contribution in [0, 0.1) is 0 Å². The van der Waals surface area contributed by atoms with Crippen LogP contribution < -0.4 is 15.7 Å². The number of halogens is 1. The van der Waals surface area contributed by atoms with Gasteiger partial charge in [0.25, 0.3) is 5.56 Å². The van der Waals surface area contributed by atoms with Gasteiger partial charge in [-0.1, -0.05) is 18.2 Å². The van der Waals surface area contributed by atoms with E-state index >= 15 is 0 Å². The lowest BCUT2D eigenvalue weighted by Gasteiger charge is -2.07. The minimum Gasteiger partial charge on any atom is -0.494 e. The van der Waals surface area contributed by atoms with Crippen LogP contribution in [0.2, 0.25) is 5.02 Å². The first-order valence-electron chi connectivity index (χ1n) is 6.25. The molecule has 0 unspecified atom stereocenters. The van der Waals surface area contributed by atoms with Crippen LogP contribution in [-0.4, -0.2) is 18.7 Å². The van der Waals surface area contributed by atoms with Crippen LogP contribution in [0.1, 0.15) is 12.5 Å². The average Bonchev–Trinajstić information content (AvgIpc) is 2.53. The number of nitrogens with one attached hydrogen (secondary N) is 1. The van der Waals surface area contributed by atoms with Crippen LogP contribution in [0.15, 0.2) is 34.4 Å². The number of fused-ring (bicyclic) bond motifs is 1. The summed E-state index contributed by atoms with van der Waals surface area (Å²) in [6, 6.07) is 4.62. The second kappa shape index (κ2) is 6.01. The molecule has 1 heterocycles. The normalized spacial score (nSPS) is 10.4. The van der Waals surface area contributed by atoms with E-state index in [9.17, 15) is 9.59 Å². The Bertz CT molecular complexity index is 826. The van der Waals surface area contributed by atoms with Gasteiger partial charge in [0.2, 0.25) is 5.43 Å². The van der Waals surface area contributed by atoms with Crippen LogP contribution in [0.4, 0.5) is 0 Å². The summed E-state index contributed by atoms with van der Waals surface area (Å²) in [5, 5.41) is 0.712. The van der Waals surface area contributed by atoms with E-state index in [1.807, 2.05) is 0 Å². The monoisotopic (exact) mass is 307 g/mol. The fraction of sp³-hybridized carbons (Fsp3) is 0.200. The number of methoxy groups -OCH3 is 1. The highest BCUT2D eigenvalue weighted by molar-refractivity contribution is 6.31. The molecule has 0 bridgehead atoms. The van der Waals surface area contributed by atoms with Gasteiger partial charge in [-0.25, -0.2) is 0 Å². The molecular formula is C15H14ClNO4. The van der Waals surface area contributed by atoms with Crippen LogP contribution in [0.25, 0.3) is 16.7 Å². The quantitative estimate of drug-likeness (QED) is 0.881. The number of ether oxygens (including phenoxy) is 2. The molecule has 0 aliphatic carbocycles. The predicted octanol–water partition coefficient (Wildman–Crippen LogP) is 2.56. The summed E-state index contributed by atoms with van der Waals surface area (Å²) in [7, 11) is 1.31. The minimum atomic E-state index is -0.553. The van der Waals surface area contributed by atoms with Crippen molar-refractivity contribution < 1.29 is 9.47 Å². The summed E-state index contributed by atoms with van der Waals surface area (Å²) in [4.78, 5) is 27.5. The molecule has 2 rings (SSSR count). The number of hydrogen-bond donors (Lipinski definition) is 1. The lowest BCUT2D eigenvalue weighted by molar-refractivity contribution is 0.296. The molecule has 0 fully saturated rings. The third-order valence-corrected chi connectivity index (χ3v) is 3.17. The minimum absolute atomic E-state index is 0.0120. The van der Waals surface area contributed by atoms with Crippen molar-refractivity contribution in [2.45, 2.75) is 6.92 Å². The van der Waals surface area contributed by atoms with Gasteiger partial charge in [-0.2, -0.15) is 0 Å². The lowest BCUT2D eigenvalue weighted by Crippen LogP contribution is -2.13. The van der Waals surface area contributed by atoms with Crippen molar-refractivity contribution in [3.63, 3.8) is 0 Å². The van der Waals surface area contributed by atoms with Gasteiger partial charge >= 0.3 is 0 Å². The first-order chi connectivity index (χ1) is 9.99. The van der Waals surface area contributed by atoms with Gasteiger partial charge in [0.05, 0.1) is 19.2 Å². The Balaban J connectivity index is 2.99. The number of aromatic nitrogens is 1. The second-order valence-electron chi connectivity index (χ2n) is 4.24. The van der Waals surface area contributed by atoms with Gasteiger partial charge in [-0.3, -0.25) is 9.59 Å². The number of rotatable bonds is 4. The molecule has 0 atom stereocenters. The van der Waals surface area contributed by atoms with E-state index in [0.29, 0.717) is 22.5 Å². The highest BCUT2D eigenvalue weighted by Gasteiger charge is 2.17. The predicted molar refractivity (Wildman–Crippen MR) is 83.1 cm³/mol. The van der Waals surface area contributed by atoms with Crippen molar-refractivity contribution in [3.05, 3.63) is 55.9 Å². The summed E-state index contributed by atoms with van der Waals surface area (Å²) in [5.41, 5.74) is -0.623. The zero-order chi connectivity index (χ0) is 15.6. The molecule has 0 radical (unpaired) electrons. The third-order valence-electron chi connectivity index (χ3n) is 2.94. The third kappa shape index (κ3) is 2.78. The first kappa shape index (κ1) is 15.1.